The highest BCUT2D eigenvalue weighted by Crippen LogP contribution is 2.25. The molecule has 0 atom stereocenters. The molecule has 18 heavy (non-hydrogen) atoms. The summed E-state index contributed by atoms with van der Waals surface area (Å²) >= 11 is 13.8. The number of pyridine rings is 1. The van der Waals surface area contributed by atoms with Crippen LogP contribution in [0.4, 0.5) is 0 Å². The van der Waals surface area contributed by atoms with Gasteiger partial charge in [0.15, 0.2) is 0 Å². The van der Waals surface area contributed by atoms with E-state index in [9.17, 15) is 0 Å². The Hall–Kier alpha value is -0.700. The molecule has 0 aliphatic carbocycles. The zero-order valence-electron chi connectivity index (χ0n) is 9.99. The molecule has 2 rings (SSSR count). The zero-order chi connectivity index (χ0) is 13.0. The van der Waals surface area contributed by atoms with Crippen molar-refractivity contribution in [3.05, 3.63) is 63.4 Å². The van der Waals surface area contributed by atoms with Crippen molar-refractivity contribution >= 4 is 35.0 Å². The molecular formula is C14H13Cl2NS. The average molecular weight is 298 g/mol. The normalized spacial score (nSPS) is 10.6. The number of rotatable bonds is 4. The van der Waals surface area contributed by atoms with Crippen molar-refractivity contribution in [1.82, 2.24) is 4.98 Å². The second-order valence-corrected chi connectivity index (χ2v) is 5.73. The highest BCUT2D eigenvalue weighted by molar-refractivity contribution is 7.97. The van der Waals surface area contributed by atoms with Gasteiger partial charge in [0.1, 0.15) is 10.3 Å². The Kier molecular flexibility index (Phi) is 4.93. The van der Waals surface area contributed by atoms with Crippen molar-refractivity contribution < 1.29 is 0 Å². The first-order chi connectivity index (χ1) is 8.66. The fourth-order valence-electron chi connectivity index (χ4n) is 1.58. The standard InChI is InChI=1S/C14H13Cl2NS/c1-10-7-12(14(16)17-13(10)15)9-18-8-11-5-3-2-4-6-11/h2-7H,8-9H2,1H3. The molecule has 2 aromatic rings. The van der Waals surface area contributed by atoms with Gasteiger partial charge in [-0.1, -0.05) is 53.5 Å². The van der Waals surface area contributed by atoms with Crippen molar-refractivity contribution in [1.29, 1.82) is 0 Å². The molecule has 0 fully saturated rings. The van der Waals surface area contributed by atoms with Gasteiger partial charge in [-0.2, -0.15) is 11.8 Å². The van der Waals surface area contributed by atoms with Crippen LogP contribution in [-0.2, 0) is 11.5 Å². The van der Waals surface area contributed by atoms with Crippen LogP contribution in [-0.4, -0.2) is 4.98 Å². The van der Waals surface area contributed by atoms with Gasteiger partial charge in [0, 0.05) is 11.5 Å². The Morgan fingerprint density at radius 1 is 1.06 bits per heavy atom. The maximum atomic E-state index is 6.07. The number of hydrogen-bond acceptors (Lipinski definition) is 2. The van der Waals surface area contributed by atoms with E-state index in [4.69, 9.17) is 23.2 Å². The third-order valence-electron chi connectivity index (χ3n) is 2.55. The van der Waals surface area contributed by atoms with Gasteiger partial charge in [-0.25, -0.2) is 4.98 Å². The molecule has 0 radical (unpaired) electrons. The van der Waals surface area contributed by atoms with Crippen LogP contribution in [0, 0.1) is 6.92 Å². The quantitative estimate of drug-likeness (QED) is 0.726. The van der Waals surface area contributed by atoms with Gasteiger partial charge >= 0.3 is 0 Å². The van der Waals surface area contributed by atoms with E-state index in [0.29, 0.717) is 10.3 Å². The Bertz CT molecular complexity index is 529. The molecule has 0 aliphatic heterocycles. The third-order valence-corrected chi connectivity index (χ3v) is 4.31. The Balaban J connectivity index is 1.97. The third kappa shape index (κ3) is 3.64. The minimum absolute atomic E-state index is 0.483. The molecule has 1 aromatic carbocycles. The van der Waals surface area contributed by atoms with Crippen molar-refractivity contribution in [3.63, 3.8) is 0 Å². The molecule has 4 heteroatoms. The Morgan fingerprint density at radius 3 is 2.50 bits per heavy atom. The number of benzene rings is 1. The molecule has 1 nitrogen and oxygen atoms in total. The smallest absolute Gasteiger partial charge is 0.134 e. The highest BCUT2D eigenvalue weighted by atomic mass is 35.5. The number of aromatic nitrogens is 1. The van der Waals surface area contributed by atoms with Gasteiger partial charge in [-0.15, -0.1) is 0 Å². The predicted octanol–water partition coefficient (Wildman–Crippen LogP) is 5.13. The van der Waals surface area contributed by atoms with Crippen LogP contribution in [0.2, 0.25) is 10.3 Å². The maximum absolute atomic E-state index is 6.07. The monoisotopic (exact) mass is 297 g/mol. The van der Waals surface area contributed by atoms with Crippen LogP contribution >= 0.6 is 35.0 Å². The number of nitrogens with zero attached hydrogens (tertiary/aromatic N) is 1. The molecule has 0 unspecified atom stereocenters. The summed E-state index contributed by atoms with van der Waals surface area (Å²) in [7, 11) is 0. The second kappa shape index (κ2) is 6.46. The Labute approximate surface area is 122 Å². The number of hydrogen-bond donors (Lipinski definition) is 0. The first kappa shape index (κ1) is 13.7. The number of thioether (sulfide) groups is 1. The fraction of sp³-hybridized carbons (Fsp3) is 0.214. The molecular weight excluding hydrogens is 285 g/mol. The summed E-state index contributed by atoms with van der Waals surface area (Å²) in [6.45, 7) is 1.94. The van der Waals surface area contributed by atoms with E-state index in [1.54, 1.807) is 0 Å². The van der Waals surface area contributed by atoms with Crippen LogP contribution in [0.15, 0.2) is 36.4 Å². The molecule has 1 aromatic heterocycles. The van der Waals surface area contributed by atoms with Crippen molar-refractivity contribution in [2.75, 3.05) is 0 Å². The highest BCUT2D eigenvalue weighted by Gasteiger charge is 2.06. The van der Waals surface area contributed by atoms with E-state index in [-0.39, 0.29) is 0 Å². The lowest BCUT2D eigenvalue weighted by atomic mass is 10.2. The van der Waals surface area contributed by atoms with Crippen molar-refractivity contribution in [2.45, 2.75) is 18.4 Å². The van der Waals surface area contributed by atoms with Crippen LogP contribution in [0.5, 0.6) is 0 Å². The SMILES string of the molecule is Cc1cc(CSCc2ccccc2)c(Cl)nc1Cl. The fourth-order valence-corrected chi connectivity index (χ4v) is 3.02. The lowest BCUT2D eigenvalue weighted by molar-refractivity contribution is 1.20. The van der Waals surface area contributed by atoms with E-state index in [1.165, 1.54) is 5.56 Å². The largest absolute Gasteiger partial charge is 0.224 e. The van der Waals surface area contributed by atoms with E-state index >= 15 is 0 Å². The van der Waals surface area contributed by atoms with Crippen LogP contribution < -0.4 is 0 Å². The number of aryl methyl sites for hydroxylation is 1. The summed E-state index contributed by atoms with van der Waals surface area (Å²) in [5.41, 5.74) is 3.33. The van der Waals surface area contributed by atoms with Crippen molar-refractivity contribution in [2.24, 2.45) is 0 Å². The van der Waals surface area contributed by atoms with E-state index in [1.807, 2.05) is 30.8 Å². The molecule has 0 aliphatic rings. The predicted molar refractivity (Wildman–Crippen MR) is 80.4 cm³/mol. The molecule has 94 valence electrons. The topological polar surface area (TPSA) is 12.9 Å². The summed E-state index contributed by atoms with van der Waals surface area (Å²) in [4.78, 5) is 4.12. The van der Waals surface area contributed by atoms with E-state index in [2.05, 4.69) is 29.2 Å². The molecule has 0 bridgehead atoms. The summed E-state index contributed by atoms with van der Waals surface area (Å²) in [6.07, 6.45) is 0. The summed E-state index contributed by atoms with van der Waals surface area (Å²) < 4.78 is 0. The molecule has 1 heterocycles. The first-order valence-corrected chi connectivity index (χ1v) is 7.51. The lowest BCUT2D eigenvalue weighted by Gasteiger charge is -2.06. The summed E-state index contributed by atoms with van der Waals surface area (Å²) in [5.74, 6) is 1.82. The molecule has 0 saturated carbocycles. The summed E-state index contributed by atoms with van der Waals surface area (Å²) in [6, 6.07) is 12.4. The van der Waals surface area contributed by atoms with Crippen LogP contribution in [0.3, 0.4) is 0 Å². The maximum Gasteiger partial charge on any atom is 0.134 e. The van der Waals surface area contributed by atoms with Crippen LogP contribution in [0.25, 0.3) is 0 Å². The minimum atomic E-state index is 0.483. The van der Waals surface area contributed by atoms with Gasteiger partial charge in [0.25, 0.3) is 0 Å². The van der Waals surface area contributed by atoms with Gasteiger partial charge in [-0.05, 0) is 29.7 Å². The molecule has 0 amide bonds. The molecule has 0 spiro atoms. The molecule has 0 saturated heterocycles. The van der Waals surface area contributed by atoms with E-state index in [0.717, 1.165) is 22.6 Å². The average Bonchev–Trinajstić information content (AvgIpc) is 2.37. The van der Waals surface area contributed by atoms with Crippen LogP contribution in [0.1, 0.15) is 16.7 Å². The minimum Gasteiger partial charge on any atom is -0.224 e. The first-order valence-electron chi connectivity index (χ1n) is 5.60. The zero-order valence-corrected chi connectivity index (χ0v) is 12.3. The lowest BCUT2D eigenvalue weighted by Crippen LogP contribution is -1.91. The van der Waals surface area contributed by atoms with Gasteiger partial charge in [0.2, 0.25) is 0 Å². The summed E-state index contributed by atoms with van der Waals surface area (Å²) in [5, 5.41) is 0.989. The van der Waals surface area contributed by atoms with Gasteiger partial charge in [0.05, 0.1) is 0 Å². The van der Waals surface area contributed by atoms with Crippen molar-refractivity contribution in [3.8, 4) is 0 Å². The molecule has 0 N–H and O–H groups in total. The number of halogens is 2. The van der Waals surface area contributed by atoms with E-state index < -0.39 is 0 Å². The second-order valence-electron chi connectivity index (χ2n) is 4.02. The Morgan fingerprint density at radius 2 is 1.78 bits per heavy atom. The van der Waals surface area contributed by atoms with Gasteiger partial charge < -0.3 is 0 Å². The van der Waals surface area contributed by atoms with Gasteiger partial charge in [-0.3, -0.25) is 0 Å².